The molecular weight excluding hydrogens is 617 g/mol. The predicted molar refractivity (Wildman–Crippen MR) is 203 cm³/mol. The van der Waals surface area contributed by atoms with Crippen molar-refractivity contribution in [1.29, 1.82) is 0 Å². The Hall–Kier alpha value is -6.09. The highest BCUT2D eigenvalue weighted by Gasteiger charge is 2.42. The number of nitrogens with zero attached hydrogens (tertiary/aromatic N) is 3. The number of aromatic nitrogens is 3. The van der Waals surface area contributed by atoms with Crippen LogP contribution in [0, 0.1) is 0 Å². The van der Waals surface area contributed by atoms with Gasteiger partial charge in [0.2, 0.25) is 0 Å². The number of rotatable bonds is 4. The zero-order valence-corrected chi connectivity index (χ0v) is 27.3. The Labute approximate surface area is 283 Å². The second-order valence-electron chi connectivity index (χ2n) is 12.5. The van der Waals surface area contributed by atoms with Crippen molar-refractivity contribution in [3.63, 3.8) is 0 Å². The standard InChI is InChI=1S/C44H28N3OP/c48-49(32-15-5-2-6-16-32)40-22-12-9-17-33(40)34-27-28-39-41(43(34)49)36-19-8-11-21-38(36)47(39)31-25-23-30(24-26-31)44-45-37-20-10-7-18-35(37)42(46-44)29-13-3-1-4-14-29/h1-28H. The topological polar surface area (TPSA) is 47.8 Å². The summed E-state index contributed by atoms with van der Waals surface area (Å²) >= 11 is 0. The molecule has 10 rings (SSSR count). The molecule has 0 amide bonds. The SMILES string of the molecule is O=P1(c2ccccc2)c2ccccc2-c2ccc3c(c21)c1ccccc1n3-c1ccc(-c2nc(-c3ccccc3)c3ccccc3n2)cc1. The molecule has 0 saturated carbocycles. The first-order valence-corrected chi connectivity index (χ1v) is 18.2. The van der Waals surface area contributed by atoms with Crippen molar-refractivity contribution in [2.45, 2.75) is 0 Å². The lowest BCUT2D eigenvalue weighted by molar-refractivity contribution is 0.593. The third kappa shape index (κ3) is 4.08. The molecule has 5 heteroatoms. The zero-order chi connectivity index (χ0) is 32.5. The van der Waals surface area contributed by atoms with E-state index in [-0.39, 0.29) is 0 Å². The lowest BCUT2D eigenvalue weighted by Crippen LogP contribution is -2.21. The molecule has 0 aliphatic carbocycles. The van der Waals surface area contributed by atoms with Crippen molar-refractivity contribution in [3.05, 3.63) is 170 Å². The molecule has 0 saturated heterocycles. The Balaban J connectivity index is 1.18. The largest absolute Gasteiger partial charge is 0.309 e. The molecule has 1 atom stereocenters. The summed E-state index contributed by atoms with van der Waals surface area (Å²) in [5.74, 6) is 0.686. The summed E-state index contributed by atoms with van der Waals surface area (Å²) in [5.41, 5.74) is 9.07. The number of fused-ring (bicyclic) bond motifs is 8. The second-order valence-corrected chi connectivity index (χ2v) is 15.2. The fourth-order valence-corrected chi connectivity index (χ4v) is 10.9. The Bertz CT molecular complexity index is 2790. The van der Waals surface area contributed by atoms with E-state index < -0.39 is 7.14 Å². The first-order valence-electron chi connectivity index (χ1n) is 16.5. The Morgan fingerprint density at radius 1 is 0.490 bits per heavy atom. The van der Waals surface area contributed by atoms with Crippen molar-refractivity contribution in [2.24, 2.45) is 0 Å². The third-order valence-corrected chi connectivity index (χ3v) is 13.0. The first-order chi connectivity index (χ1) is 24.2. The average molecular weight is 646 g/mol. The zero-order valence-electron chi connectivity index (χ0n) is 26.4. The van der Waals surface area contributed by atoms with Crippen LogP contribution < -0.4 is 15.9 Å². The maximum absolute atomic E-state index is 15.7. The van der Waals surface area contributed by atoms with E-state index in [2.05, 4.69) is 89.5 Å². The van der Waals surface area contributed by atoms with Gasteiger partial charge >= 0.3 is 0 Å². The van der Waals surface area contributed by atoms with E-state index in [1.54, 1.807) is 0 Å². The fourth-order valence-electron chi connectivity index (χ4n) is 7.65. The van der Waals surface area contributed by atoms with Gasteiger partial charge in [0, 0.05) is 48.9 Å². The molecule has 230 valence electrons. The molecule has 7 aromatic carbocycles. The van der Waals surface area contributed by atoms with Gasteiger partial charge in [-0.1, -0.05) is 127 Å². The normalized spacial score (nSPS) is 15.1. The summed E-state index contributed by atoms with van der Waals surface area (Å²) in [6.07, 6.45) is 0. The van der Waals surface area contributed by atoms with E-state index in [1.165, 1.54) is 0 Å². The van der Waals surface area contributed by atoms with E-state index >= 15 is 4.57 Å². The molecule has 1 aliphatic heterocycles. The van der Waals surface area contributed by atoms with Crippen LogP contribution in [0.2, 0.25) is 0 Å². The third-order valence-electron chi connectivity index (χ3n) is 9.81. The second kappa shape index (κ2) is 10.7. The molecule has 1 unspecified atom stereocenters. The molecule has 3 heterocycles. The van der Waals surface area contributed by atoms with E-state index in [4.69, 9.17) is 9.97 Å². The van der Waals surface area contributed by atoms with Gasteiger partial charge in [-0.05, 0) is 53.6 Å². The van der Waals surface area contributed by atoms with Gasteiger partial charge in [-0.25, -0.2) is 9.97 Å². The lowest BCUT2D eigenvalue weighted by atomic mass is 10.0. The van der Waals surface area contributed by atoms with Crippen molar-refractivity contribution < 1.29 is 4.57 Å². The number of para-hydroxylation sites is 2. The van der Waals surface area contributed by atoms with Crippen molar-refractivity contribution in [3.8, 4) is 39.5 Å². The Kier molecular flexibility index (Phi) is 6.12. The van der Waals surface area contributed by atoms with Crippen LogP contribution in [0.25, 0.3) is 72.2 Å². The summed E-state index contributed by atoms with van der Waals surface area (Å²) < 4.78 is 18.0. The van der Waals surface area contributed by atoms with Crippen molar-refractivity contribution >= 4 is 55.8 Å². The van der Waals surface area contributed by atoms with E-state index in [1.807, 2.05) is 84.9 Å². The minimum absolute atomic E-state index is 0.686. The molecular formula is C44H28N3OP. The minimum Gasteiger partial charge on any atom is -0.309 e. The van der Waals surface area contributed by atoms with E-state index in [9.17, 15) is 0 Å². The molecule has 0 spiro atoms. The maximum atomic E-state index is 15.7. The number of hydrogen-bond acceptors (Lipinski definition) is 3. The van der Waals surface area contributed by atoms with Gasteiger partial charge in [-0.15, -0.1) is 0 Å². The van der Waals surface area contributed by atoms with Crippen LogP contribution in [0.15, 0.2) is 170 Å². The summed E-state index contributed by atoms with van der Waals surface area (Å²) in [5, 5.41) is 5.87. The summed E-state index contributed by atoms with van der Waals surface area (Å²) in [6.45, 7) is 0. The van der Waals surface area contributed by atoms with Crippen LogP contribution >= 0.6 is 7.14 Å². The molecule has 4 nitrogen and oxygen atoms in total. The van der Waals surface area contributed by atoms with Crippen LogP contribution in [-0.2, 0) is 4.57 Å². The van der Waals surface area contributed by atoms with Gasteiger partial charge in [-0.2, -0.15) is 0 Å². The van der Waals surface area contributed by atoms with Crippen molar-refractivity contribution in [1.82, 2.24) is 14.5 Å². The predicted octanol–water partition coefficient (Wildman–Crippen LogP) is 9.68. The van der Waals surface area contributed by atoms with Crippen LogP contribution in [-0.4, -0.2) is 14.5 Å². The fraction of sp³-hybridized carbons (Fsp3) is 0. The summed E-state index contributed by atoms with van der Waals surface area (Å²) in [4.78, 5) is 10.1. The molecule has 2 aromatic heterocycles. The van der Waals surface area contributed by atoms with E-state index in [0.717, 1.165) is 82.3 Å². The molecule has 0 radical (unpaired) electrons. The lowest BCUT2D eigenvalue weighted by Gasteiger charge is -2.17. The van der Waals surface area contributed by atoms with Gasteiger partial charge in [-0.3, -0.25) is 0 Å². The summed E-state index contributed by atoms with van der Waals surface area (Å²) in [6, 6.07) is 58.0. The highest BCUT2D eigenvalue weighted by Crippen LogP contribution is 2.55. The molecule has 9 aromatic rings. The first kappa shape index (κ1) is 28.0. The van der Waals surface area contributed by atoms with Crippen LogP contribution in [0.1, 0.15) is 0 Å². The smallest absolute Gasteiger partial charge is 0.172 e. The van der Waals surface area contributed by atoms with Crippen molar-refractivity contribution in [2.75, 3.05) is 0 Å². The highest BCUT2D eigenvalue weighted by molar-refractivity contribution is 7.86. The summed E-state index contributed by atoms with van der Waals surface area (Å²) in [7, 11) is -3.16. The highest BCUT2D eigenvalue weighted by atomic mass is 31.2. The van der Waals surface area contributed by atoms with Gasteiger partial charge < -0.3 is 9.13 Å². The molecule has 0 bridgehead atoms. The van der Waals surface area contributed by atoms with E-state index in [0.29, 0.717) is 5.82 Å². The molecule has 0 N–H and O–H groups in total. The quantitative estimate of drug-likeness (QED) is 0.179. The maximum Gasteiger partial charge on any atom is 0.172 e. The van der Waals surface area contributed by atoms with Crippen LogP contribution in [0.5, 0.6) is 0 Å². The number of benzene rings is 7. The molecule has 0 fully saturated rings. The van der Waals surface area contributed by atoms with Gasteiger partial charge in [0.1, 0.15) is 0 Å². The Morgan fingerprint density at radius 2 is 1.16 bits per heavy atom. The number of hydrogen-bond donors (Lipinski definition) is 0. The van der Waals surface area contributed by atoms with Gasteiger partial charge in [0.05, 0.1) is 22.2 Å². The minimum atomic E-state index is -3.16. The molecule has 49 heavy (non-hydrogen) atoms. The monoisotopic (exact) mass is 645 g/mol. The van der Waals surface area contributed by atoms with Gasteiger partial charge in [0.15, 0.2) is 13.0 Å². The van der Waals surface area contributed by atoms with Gasteiger partial charge in [0.25, 0.3) is 0 Å². The Morgan fingerprint density at radius 3 is 1.98 bits per heavy atom. The van der Waals surface area contributed by atoms with Crippen LogP contribution in [0.3, 0.4) is 0 Å². The average Bonchev–Trinajstić information content (AvgIpc) is 3.65. The van der Waals surface area contributed by atoms with Crippen LogP contribution in [0.4, 0.5) is 0 Å². The molecule has 1 aliphatic rings.